The van der Waals surface area contributed by atoms with E-state index in [2.05, 4.69) is 41.4 Å². The summed E-state index contributed by atoms with van der Waals surface area (Å²) in [6.07, 6.45) is 0. The molecule has 0 fully saturated rings. The Balaban J connectivity index is 2.27. The second-order valence-electron chi connectivity index (χ2n) is 3.29. The van der Waals surface area contributed by atoms with Gasteiger partial charge in [0.05, 0.1) is 0 Å². The van der Waals surface area contributed by atoms with Gasteiger partial charge in [0.1, 0.15) is 0 Å². The van der Waals surface area contributed by atoms with Crippen LogP contribution in [-0.4, -0.2) is 9.36 Å². The van der Waals surface area contributed by atoms with Gasteiger partial charge in [-0.15, -0.1) is 0 Å². The minimum absolute atomic E-state index is 0.516. The minimum Gasteiger partial charge on any atom is -0.374 e. The number of rotatable bonds is 2. The standard InChI is InChI=1S/C10H11N3S2/c1-6-3-4-7(2)8(5-6)14-10-12-9(11)15-13-10/h3-5H,1-2H3,(H2,11,12,13). The summed E-state index contributed by atoms with van der Waals surface area (Å²) in [5.41, 5.74) is 8.01. The first-order valence-electron chi connectivity index (χ1n) is 4.49. The normalized spacial score (nSPS) is 10.5. The van der Waals surface area contributed by atoms with Crippen LogP contribution in [0.4, 0.5) is 5.13 Å². The summed E-state index contributed by atoms with van der Waals surface area (Å²) >= 11 is 2.79. The molecule has 2 N–H and O–H groups in total. The van der Waals surface area contributed by atoms with Gasteiger partial charge in [0.25, 0.3) is 0 Å². The van der Waals surface area contributed by atoms with Crippen LogP contribution >= 0.6 is 23.3 Å². The van der Waals surface area contributed by atoms with Crippen molar-refractivity contribution in [3.63, 3.8) is 0 Å². The van der Waals surface area contributed by atoms with E-state index < -0.39 is 0 Å². The third kappa shape index (κ3) is 2.49. The first-order chi connectivity index (χ1) is 7.15. The first-order valence-corrected chi connectivity index (χ1v) is 6.08. The smallest absolute Gasteiger partial charge is 0.206 e. The number of nitrogens with two attached hydrogens (primary N) is 1. The van der Waals surface area contributed by atoms with Crippen LogP contribution in [0.2, 0.25) is 0 Å². The van der Waals surface area contributed by atoms with Gasteiger partial charge in [0, 0.05) is 16.4 Å². The average molecular weight is 237 g/mol. The summed E-state index contributed by atoms with van der Waals surface area (Å²) in [5.74, 6) is 0. The Kier molecular flexibility index (Phi) is 2.93. The highest BCUT2D eigenvalue weighted by Gasteiger charge is 2.06. The lowest BCUT2D eigenvalue weighted by molar-refractivity contribution is 1.08. The number of hydrogen-bond donors (Lipinski definition) is 1. The number of anilines is 1. The molecule has 1 aromatic heterocycles. The maximum atomic E-state index is 5.53. The number of hydrogen-bond acceptors (Lipinski definition) is 5. The van der Waals surface area contributed by atoms with Gasteiger partial charge in [-0.05, 0) is 42.8 Å². The number of nitrogen functional groups attached to an aromatic ring is 1. The Labute approximate surface area is 96.9 Å². The van der Waals surface area contributed by atoms with Gasteiger partial charge in [0.2, 0.25) is 10.3 Å². The topological polar surface area (TPSA) is 51.8 Å². The number of benzene rings is 1. The number of aryl methyl sites for hydroxylation is 2. The molecule has 0 aliphatic rings. The molecule has 78 valence electrons. The largest absolute Gasteiger partial charge is 0.374 e. The van der Waals surface area contributed by atoms with Crippen LogP contribution in [0.25, 0.3) is 0 Å². The molecule has 0 spiro atoms. The molecule has 0 atom stereocenters. The van der Waals surface area contributed by atoms with Crippen molar-refractivity contribution < 1.29 is 0 Å². The Bertz CT molecular complexity index is 479. The fourth-order valence-electron chi connectivity index (χ4n) is 1.18. The zero-order valence-electron chi connectivity index (χ0n) is 8.52. The molecule has 3 nitrogen and oxygen atoms in total. The van der Waals surface area contributed by atoms with Gasteiger partial charge >= 0.3 is 0 Å². The highest BCUT2D eigenvalue weighted by Crippen LogP contribution is 2.30. The number of nitrogens with zero attached hydrogens (tertiary/aromatic N) is 2. The van der Waals surface area contributed by atoms with Crippen LogP contribution in [0.15, 0.2) is 28.3 Å². The fraction of sp³-hybridized carbons (Fsp3) is 0.200. The van der Waals surface area contributed by atoms with Crippen molar-refractivity contribution in [2.75, 3.05) is 5.73 Å². The third-order valence-electron chi connectivity index (χ3n) is 1.97. The van der Waals surface area contributed by atoms with Gasteiger partial charge in [-0.2, -0.15) is 9.36 Å². The molecule has 0 unspecified atom stereocenters. The van der Waals surface area contributed by atoms with Gasteiger partial charge in [-0.3, -0.25) is 0 Å². The molecule has 0 amide bonds. The van der Waals surface area contributed by atoms with Crippen LogP contribution in [0.5, 0.6) is 0 Å². The summed E-state index contributed by atoms with van der Waals surface area (Å²) in [7, 11) is 0. The minimum atomic E-state index is 0.516. The van der Waals surface area contributed by atoms with E-state index in [9.17, 15) is 0 Å². The molecule has 0 bridgehead atoms. The molecule has 0 saturated carbocycles. The van der Waals surface area contributed by atoms with Crippen LogP contribution in [0, 0.1) is 13.8 Å². The van der Waals surface area contributed by atoms with Crippen molar-refractivity contribution in [3.8, 4) is 0 Å². The van der Waals surface area contributed by atoms with E-state index >= 15 is 0 Å². The zero-order valence-corrected chi connectivity index (χ0v) is 10.2. The van der Waals surface area contributed by atoms with E-state index in [1.807, 2.05) is 0 Å². The van der Waals surface area contributed by atoms with Crippen molar-refractivity contribution in [2.45, 2.75) is 23.9 Å². The molecule has 1 aromatic carbocycles. The van der Waals surface area contributed by atoms with Crippen molar-refractivity contribution in [1.82, 2.24) is 9.36 Å². The van der Waals surface area contributed by atoms with E-state index in [1.54, 1.807) is 11.8 Å². The molecular formula is C10H11N3S2. The van der Waals surface area contributed by atoms with E-state index in [4.69, 9.17) is 5.73 Å². The lowest BCUT2D eigenvalue weighted by atomic mass is 10.2. The molecule has 2 aromatic rings. The van der Waals surface area contributed by atoms with Gasteiger partial charge in [0.15, 0.2) is 0 Å². The van der Waals surface area contributed by atoms with Gasteiger partial charge < -0.3 is 5.73 Å². The molecule has 1 heterocycles. The Morgan fingerprint density at radius 1 is 1.33 bits per heavy atom. The Morgan fingerprint density at radius 2 is 2.13 bits per heavy atom. The molecular weight excluding hydrogens is 226 g/mol. The fourth-order valence-corrected chi connectivity index (χ4v) is 2.65. The maximum absolute atomic E-state index is 5.53. The lowest BCUT2D eigenvalue weighted by Crippen LogP contribution is -1.84. The van der Waals surface area contributed by atoms with E-state index in [1.165, 1.54) is 27.6 Å². The van der Waals surface area contributed by atoms with Crippen LogP contribution in [0.3, 0.4) is 0 Å². The summed E-state index contributed by atoms with van der Waals surface area (Å²) in [4.78, 5) is 5.31. The maximum Gasteiger partial charge on any atom is 0.206 e. The molecule has 0 aliphatic carbocycles. The monoisotopic (exact) mass is 237 g/mol. The first kappa shape index (κ1) is 10.4. The highest BCUT2D eigenvalue weighted by atomic mass is 32.2. The molecule has 0 radical (unpaired) electrons. The van der Waals surface area contributed by atoms with Crippen molar-refractivity contribution in [2.24, 2.45) is 0 Å². The second-order valence-corrected chi connectivity index (χ2v) is 5.08. The Morgan fingerprint density at radius 3 is 2.80 bits per heavy atom. The van der Waals surface area contributed by atoms with E-state index in [0.29, 0.717) is 5.13 Å². The van der Waals surface area contributed by atoms with Gasteiger partial charge in [-0.1, -0.05) is 12.1 Å². The van der Waals surface area contributed by atoms with Crippen molar-refractivity contribution >= 4 is 28.4 Å². The predicted octanol–water partition coefficient (Wildman–Crippen LogP) is 2.89. The summed E-state index contributed by atoms with van der Waals surface area (Å²) in [5, 5.41) is 1.24. The number of aromatic nitrogens is 2. The average Bonchev–Trinajstić information content (AvgIpc) is 2.58. The van der Waals surface area contributed by atoms with Crippen LogP contribution in [-0.2, 0) is 0 Å². The molecule has 2 rings (SSSR count). The molecule has 0 aliphatic heterocycles. The van der Waals surface area contributed by atoms with Crippen molar-refractivity contribution in [1.29, 1.82) is 0 Å². The van der Waals surface area contributed by atoms with Crippen LogP contribution in [0.1, 0.15) is 11.1 Å². The van der Waals surface area contributed by atoms with E-state index in [0.717, 1.165) is 5.16 Å². The van der Waals surface area contributed by atoms with E-state index in [-0.39, 0.29) is 0 Å². The zero-order chi connectivity index (χ0) is 10.8. The predicted molar refractivity (Wildman–Crippen MR) is 64.4 cm³/mol. The Hall–Kier alpha value is -1.07. The highest BCUT2D eigenvalue weighted by molar-refractivity contribution is 7.99. The van der Waals surface area contributed by atoms with Gasteiger partial charge in [-0.25, -0.2) is 0 Å². The summed E-state index contributed by atoms with van der Waals surface area (Å²) in [6.45, 7) is 4.16. The molecule has 15 heavy (non-hydrogen) atoms. The third-order valence-corrected chi connectivity index (χ3v) is 3.65. The SMILES string of the molecule is Cc1ccc(C)c(Sc2nsc(N)n2)c1. The summed E-state index contributed by atoms with van der Waals surface area (Å²) in [6, 6.07) is 6.34. The quantitative estimate of drug-likeness (QED) is 0.872. The van der Waals surface area contributed by atoms with Crippen molar-refractivity contribution in [3.05, 3.63) is 29.3 Å². The second kappa shape index (κ2) is 4.20. The lowest BCUT2D eigenvalue weighted by Gasteiger charge is -2.03. The summed E-state index contributed by atoms with van der Waals surface area (Å²) < 4.78 is 4.15. The van der Waals surface area contributed by atoms with Crippen LogP contribution < -0.4 is 5.73 Å². The molecule has 5 heteroatoms. The molecule has 0 saturated heterocycles.